The second-order valence-electron chi connectivity index (χ2n) is 7.78. The maximum atomic E-state index is 12.8. The van der Waals surface area contributed by atoms with E-state index in [1.165, 1.54) is 21.6 Å². The standard InChI is InChI=1S/C21H25NO3S2/c1-12(2)11-16-17(21(16,4)5)19(23)25-22-13(3)18(27-20(22)26)14-7-9-15(24-6)10-8-14/h7-11,16-17H,1-6H3/t16-,17+/m1/s1. The van der Waals surface area contributed by atoms with Gasteiger partial charge >= 0.3 is 5.97 Å². The van der Waals surface area contributed by atoms with E-state index in [2.05, 4.69) is 33.8 Å². The van der Waals surface area contributed by atoms with Crippen molar-refractivity contribution in [2.75, 3.05) is 7.11 Å². The van der Waals surface area contributed by atoms with Crippen molar-refractivity contribution < 1.29 is 14.4 Å². The third-order valence-corrected chi connectivity index (χ3v) is 6.69. The highest BCUT2D eigenvalue weighted by Gasteiger charge is 2.61. The van der Waals surface area contributed by atoms with Gasteiger partial charge in [-0.2, -0.15) is 4.73 Å². The van der Waals surface area contributed by atoms with Gasteiger partial charge in [-0.25, -0.2) is 4.79 Å². The van der Waals surface area contributed by atoms with Crippen LogP contribution in [0.15, 0.2) is 35.9 Å². The lowest BCUT2D eigenvalue weighted by molar-refractivity contribution is -0.147. The van der Waals surface area contributed by atoms with E-state index in [1.54, 1.807) is 7.11 Å². The molecule has 1 aliphatic carbocycles. The Balaban J connectivity index is 1.84. The molecule has 0 aliphatic heterocycles. The number of hydrogen-bond donors (Lipinski definition) is 0. The summed E-state index contributed by atoms with van der Waals surface area (Å²) in [6, 6.07) is 7.77. The number of nitrogens with zero attached hydrogens (tertiary/aromatic N) is 1. The van der Waals surface area contributed by atoms with Crippen molar-refractivity contribution in [3.05, 3.63) is 45.6 Å². The zero-order valence-corrected chi connectivity index (χ0v) is 18.2. The van der Waals surface area contributed by atoms with Gasteiger partial charge in [0.25, 0.3) is 0 Å². The van der Waals surface area contributed by atoms with Gasteiger partial charge in [-0.3, -0.25) is 0 Å². The molecule has 3 rings (SSSR count). The molecule has 0 saturated heterocycles. The fourth-order valence-electron chi connectivity index (χ4n) is 3.49. The van der Waals surface area contributed by atoms with Crippen molar-refractivity contribution in [2.45, 2.75) is 34.6 Å². The van der Waals surface area contributed by atoms with Crippen LogP contribution in [0.2, 0.25) is 0 Å². The molecule has 2 atom stereocenters. The molecule has 2 aromatic rings. The molecular weight excluding hydrogens is 378 g/mol. The fourth-order valence-corrected chi connectivity index (χ4v) is 4.83. The Morgan fingerprint density at radius 3 is 2.44 bits per heavy atom. The highest BCUT2D eigenvalue weighted by atomic mass is 32.1. The Kier molecular flexibility index (Phi) is 5.32. The molecule has 0 bridgehead atoms. The van der Waals surface area contributed by atoms with Crippen molar-refractivity contribution >= 4 is 29.5 Å². The number of allylic oxidation sites excluding steroid dienone is 2. The summed E-state index contributed by atoms with van der Waals surface area (Å²) in [5, 5.41) is 0. The van der Waals surface area contributed by atoms with E-state index < -0.39 is 0 Å². The molecule has 1 heterocycles. The molecule has 1 saturated carbocycles. The highest BCUT2D eigenvalue weighted by molar-refractivity contribution is 7.73. The minimum atomic E-state index is -0.221. The summed E-state index contributed by atoms with van der Waals surface area (Å²) in [7, 11) is 1.64. The second kappa shape index (κ2) is 7.24. The SMILES string of the molecule is COc1ccc(-c2sc(=S)n(OC(=O)[C@@H]3[C@@H](C=C(C)C)C3(C)C)c2C)cc1. The molecular formula is C21H25NO3S2. The molecule has 27 heavy (non-hydrogen) atoms. The maximum absolute atomic E-state index is 12.8. The first kappa shape index (κ1) is 19.8. The smallest absolute Gasteiger partial charge is 0.337 e. The maximum Gasteiger partial charge on any atom is 0.337 e. The van der Waals surface area contributed by atoms with Gasteiger partial charge in [-0.1, -0.05) is 25.5 Å². The predicted molar refractivity (Wildman–Crippen MR) is 112 cm³/mol. The number of hydrogen-bond acceptors (Lipinski definition) is 5. The number of rotatable bonds is 5. The van der Waals surface area contributed by atoms with Crippen LogP contribution in [0.25, 0.3) is 10.4 Å². The van der Waals surface area contributed by atoms with Crippen molar-refractivity contribution in [1.82, 2.24) is 4.73 Å². The second-order valence-corrected chi connectivity index (χ2v) is 9.43. The average Bonchev–Trinajstić information content (AvgIpc) is 3.03. The predicted octanol–water partition coefficient (Wildman–Crippen LogP) is 5.46. The number of carbonyl (C=O) groups excluding carboxylic acids is 1. The topological polar surface area (TPSA) is 40.5 Å². The van der Waals surface area contributed by atoms with Gasteiger partial charge < -0.3 is 9.57 Å². The van der Waals surface area contributed by atoms with Crippen molar-refractivity contribution in [3.63, 3.8) is 0 Å². The zero-order valence-electron chi connectivity index (χ0n) is 16.5. The van der Waals surface area contributed by atoms with E-state index in [1.807, 2.05) is 31.2 Å². The molecule has 0 spiro atoms. The van der Waals surface area contributed by atoms with Gasteiger partial charge in [0.05, 0.1) is 23.6 Å². The van der Waals surface area contributed by atoms with Crippen LogP contribution >= 0.6 is 23.6 Å². The Morgan fingerprint density at radius 2 is 1.89 bits per heavy atom. The molecule has 1 aliphatic rings. The lowest BCUT2D eigenvalue weighted by Gasteiger charge is -2.08. The van der Waals surface area contributed by atoms with Crippen LogP contribution in [0.4, 0.5) is 0 Å². The summed E-state index contributed by atoms with van der Waals surface area (Å²) in [5.41, 5.74) is 2.99. The number of thiazole rings is 1. The van der Waals surface area contributed by atoms with Crippen LogP contribution in [0.5, 0.6) is 5.75 Å². The minimum Gasteiger partial charge on any atom is -0.497 e. The van der Waals surface area contributed by atoms with Gasteiger partial charge in [0.15, 0.2) is 3.95 Å². The fraction of sp³-hybridized carbons (Fsp3) is 0.429. The zero-order chi connectivity index (χ0) is 19.9. The molecule has 1 aromatic carbocycles. The van der Waals surface area contributed by atoms with Crippen molar-refractivity contribution in [1.29, 1.82) is 0 Å². The van der Waals surface area contributed by atoms with Crippen LogP contribution < -0.4 is 9.57 Å². The Morgan fingerprint density at radius 1 is 1.26 bits per heavy atom. The number of ether oxygens (including phenoxy) is 1. The third kappa shape index (κ3) is 3.73. The van der Waals surface area contributed by atoms with E-state index in [0.29, 0.717) is 3.95 Å². The average molecular weight is 404 g/mol. The van der Waals surface area contributed by atoms with E-state index >= 15 is 0 Å². The van der Waals surface area contributed by atoms with Gasteiger partial charge in [-0.15, -0.1) is 11.3 Å². The molecule has 0 N–H and O–H groups in total. The summed E-state index contributed by atoms with van der Waals surface area (Å²) in [6.07, 6.45) is 2.16. The third-order valence-electron chi connectivity index (χ3n) is 5.20. The Labute approximate surface area is 169 Å². The van der Waals surface area contributed by atoms with E-state index in [0.717, 1.165) is 21.9 Å². The van der Waals surface area contributed by atoms with Crippen LogP contribution in [0.3, 0.4) is 0 Å². The molecule has 0 radical (unpaired) electrons. The number of carbonyl (C=O) groups is 1. The summed E-state index contributed by atoms with van der Waals surface area (Å²) in [6.45, 7) is 10.2. The molecule has 4 nitrogen and oxygen atoms in total. The van der Waals surface area contributed by atoms with E-state index in [9.17, 15) is 4.79 Å². The quantitative estimate of drug-likeness (QED) is 0.491. The Bertz CT molecular complexity index is 947. The largest absolute Gasteiger partial charge is 0.497 e. The minimum absolute atomic E-state index is 0.0841. The molecule has 0 amide bonds. The van der Waals surface area contributed by atoms with Gasteiger partial charge in [0.1, 0.15) is 5.75 Å². The molecule has 1 fully saturated rings. The summed E-state index contributed by atoms with van der Waals surface area (Å²) in [4.78, 5) is 19.5. The lowest BCUT2D eigenvalue weighted by Crippen LogP contribution is -2.24. The Hall–Kier alpha value is -1.92. The first-order valence-corrected chi connectivity index (χ1v) is 10.1. The molecule has 0 unspecified atom stereocenters. The number of aromatic nitrogens is 1. The molecule has 144 valence electrons. The normalized spacial score (nSPS) is 20.1. The van der Waals surface area contributed by atoms with Gasteiger partial charge in [-0.05, 0) is 74.2 Å². The number of benzene rings is 1. The van der Waals surface area contributed by atoms with Gasteiger partial charge in [0.2, 0.25) is 0 Å². The van der Waals surface area contributed by atoms with Crippen molar-refractivity contribution in [3.8, 4) is 16.2 Å². The van der Waals surface area contributed by atoms with Gasteiger partial charge in [0, 0.05) is 0 Å². The van der Waals surface area contributed by atoms with Crippen LogP contribution in [0.1, 0.15) is 33.4 Å². The molecule has 1 aromatic heterocycles. The summed E-state index contributed by atoms with van der Waals surface area (Å²) < 4.78 is 7.24. The highest BCUT2D eigenvalue weighted by Crippen LogP contribution is 2.59. The first-order valence-electron chi connectivity index (χ1n) is 8.91. The summed E-state index contributed by atoms with van der Waals surface area (Å²) >= 11 is 6.90. The first-order chi connectivity index (χ1) is 12.7. The monoisotopic (exact) mass is 403 g/mol. The summed E-state index contributed by atoms with van der Waals surface area (Å²) in [5.74, 6) is 0.648. The van der Waals surface area contributed by atoms with Crippen LogP contribution in [-0.4, -0.2) is 17.8 Å². The van der Waals surface area contributed by atoms with Crippen LogP contribution in [-0.2, 0) is 4.79 Å². The van der Waals surface area contributed by atoms with E-state index in [4.69, 9.17) is 21.8 Å². The van der Waals surface area contributed by atoms with Crippen LogP contribution in [0, 0.1) is 28.1 Å². The van der Waals surface area contributed by atoms with E-state index in [-0.39, 0.29) is 23.2 Å². The van der Waals surface area contributed by atoms with Crippen molar-refractivity contribution in [2.24, 2.45) is 17.3 Å². The number of methoxy groups -OCH3 is 1. The molecule has 6 heteroatoms. The lowest BCUT2D eigenvalue weighted by atomic mass is 10.1.